The summed E-state index contributed by atoms with van der Waals surface area (Å²) in [6, 6.07) is 7.54. The van der Waals surface area contributed by atoms with Crippen LogP contribution in [0.5, 0.6) is 0 Å². The van der Waals surface area contributed by atoms with Gasteiger partial charge in [0.1, 0.15) is 5.41 Å². The number of rotatable bonds is 10. The van der Waals surface area contributed by atoms with Gasteiger partial charge in [-0.15, -0.1) is 0 Å². The van der Waals surface area contributed by atoms with Crippen LogP contribution in [0.15, 0.2) is 0 Å². The second-order valence-corrected chi connectivity index (χ2v) is 4.73. The Morgan fingerprint density at radius 1 is 0.696 bits per heavy atom. The molecule has 0 fully saturated rings. The number of amides is 2. The molecule has 2 amide bonds. The van der Waals surface area contributed by atoms with Gasteiger partial charge in [-0.05, 0) is 12.8 Å². The first-order valence-corrected chi connectivity index (χ1v) is 7.13. The lowest BCUT2D eigenvalue weighted by Gasteiger charge is -2.29. The molecule has 0 aliphatic rings. The maximum atomic E-state index is 12.5. The van der Waals surface area contributed by atoms with Crippen molar-refractivity contribution in [3.05, 3.63) is 0 Å². The van der Waals surface area contributed by atoms with E-state index >= 15 is 0 Å². The highest BCUT2D eigenvalue weighted by atomic mass is 16.2. The van der Waals surface area contributed by atoms with Crippen LogP contribution in [0, 0.1) is 50.7 Å². The largest absolute Gasteiger partial charge is 0.354 e. The SMILES string of the molecule is N#CCCNC(=O)C(CCC#N)(CCC#N)C(=O)NCCC#N. The summed E-state index contributed by atoms with van der Waals surface area (Å²) in [6.45, 7) is 0.170. The van der Waals surface area contributed by atoms with Gasteiger partial charge in [0.2, 0.25) is 11.8 Å². The molecule has 0 rings (SSSR count). The number of hydrogen-bond donors (Lipinski definition) is 2. The molecule has 0 radical (unpaired) electrons. The molecule has 2 N–H and O–H groups in total. The van der Waals surface area contributed by atoms with Crippen molar-refractivity contribution in [1.29, 1.82) is 21.0 Å². The van der Waals surface area contributed by atoms with E-state index in [4.69, 9.17) is 21.0 Å². The molecule has 0 aromatic rings. The van der Waals surface area contributed by atoms with Crippen LogP contribution in [0.4, 0.5) is 0 Å². The Labute approximate surface area is 135 Å². The minimum absolute atomic E-state index is 0.0250. The Hall–Kier alpha value is -3.10. The number of hydrogen-bond acceptors (Lipinski definition) is 6. The summed E-state index contributed by atoms with van der Waals surface area (Å²) in [5.74, 6) is -1.21. The zero-order valence-corrected chi connectivity index (χ0v) is 12.8. The maximum Gasteiger partial charge on any atom is 0.235 e. The number of nitrogens with zero attached hydrogens (tertiary/aromatic N) is 4. The van der Waals surface area contributed by atoms with E-state index in [1.807, 2.05) is 24.3 Å². The summed E-state index contributed by atoms with van der Waals surface area (Å²) in [5.41, 5.74) is -1.55. The third-order valence-corrected chi connectivity index (χ3v) is 3.24. The number of nitrogens with one attached hydrogen (secondary N) is 2. The van der Waals surface area contributed by atoms with E-state index in [9.17, 15) is 9.59 Å². The van der Waals surface area contributed by atoms with Gasteiger partial charge in [-0.25, -0.2) is 0 Å². The highest BCUT2D eigenvalue weighted by molar-refractivity contribution is 6.05. The summed E-state index contributed by atoms with van der Waals surface area (Å²) in [6.07, 6.45) is 0.0815. The van der Waals surface area contributed by atoms with Crippen LogP contribution in [0.25, 0.3) is 0 Å². The fraction of sp³-hybridized carbons (Fsp3) is 0.600. The van der Waals surface area contributed by atoms with Crippen LogP contribution >= 0.6 is 0 Å². The predicted molar refractivity (Wildman–Crippen MR) is 78.6 cm³/mol. The Kier molecular flexibility index (Phi) is 9.99. The molecule has 0 heterocycles. The monoisotopic (exact) mass is 314 g/mol. The Morgan fingerprint density at radius 3 is 1.35 bits per heavy atom. The molecule has 0 aliphatic carbocycles. The van der Waals surface area contributed by atoms with Gasteiger partial charge in [0.25, 0.3) is 0 Å². The summed E-state index contributed by atoms with van der Waals surface area (Å²) in [4.78, 5) is 24.9. The molecule has 0 bridgehead atoms. The van der Waals surface area contributed by atoms with Crippen LogP contribution in [0.2, 0.25) is 0 Å². The van der Waals surface area contributed by atoms with Crippen LogP contribution in [0.3, 0.4) is 0 Å². The molecule has 8 heteroatoms. The standard InChI is InChI=1S/C15H18N6O2/c16-7-1-5-15(6-2-8-17,13(22)20-11-3-9-18)14(23)21-12-4-10-19/h1-6,11-12H2,(H,20,22)(H,21,23). The minimum Gasteiger partial charge on any atom is -0.354 e. The van der Waals surface area contributed by atoms with Crippen molar-refractivity contribution in [1.82, 2.24) is 10.6 Å². The van der Waals surface area contributed by atoms with E-state index < -0.39 is 17.2 Å². The average molecular weight is 314 g/mol. The van der Waals surface area contributed by atoms with E-state index in [1.54, 1.807) is 0 Å². The van der Waals surface area contributed by atoms with Crippen molar-refractivity contribution in [3.63, 3.8) is 0 Å². The molecular weight excluding hydrogens is 296 g/mol. The molecule has 0 atom stereocenters. The molecule has 0 aromatic heterocycles. The van der Waals surface area contributed by atoms with Gasteiger partial charge in [-0.2, -0.15) is 21.0 Å². The van der Waals surface area contributed by atoms with Gasteiger partial charge in [0, 0.05) is 25.9 Å². The average Bonchev–Trinajstić information content (AvgIpc) is 2.55. The van der Waals surface area contributed by atoms with Crippen LogP contribution < -0.4 is 10.6 Å². The molecule has 0 aliphatic heterocycles. The number of nitriles is 4. The van der Waals surface area contributed by atoms with Crippen LogP contribution in [-0.4, -0.2) is 24.9 Å². The first-order chi connectivity index (χ1) is 11.1. The number of carbonyl (C=O) groups is 2. The Balaban J connectivity index is 5.31. The first-order valence-electron chi connectivity index (χ1n) is 7.13. The lowest BCUT2D eigenvalue weighted by molar-refractivity contribution is -0.144. The predicted octanol–water partition coefficient (Wildman–Crippen LogP) is 0.640. The molecule has 23 heavy (non-hydrogen) atoms. The topological polar surface area (TPSA) is 153 Å². The van der Waals surface area contributed by atoms with Crippen molar-refractivity contribution < 1.29 is 9.59 Å². The van der Waals surface area contributed by atoms with E-state index in [1.165, 1.54) is 0 Å². The fourth-order valence-electron chi connectivity index (χ4n) is 2.02. The Morgan fingerprint density at radius 2 is 1.04 bits per heavy atom. The summed E-state index contributed by atoms with van der Waals surface area (Å²) in [5, 5.41) is 39.6. The van der Waals surface area contributed by atoms with E-state index in [0.29, 0.717) is 0 Å². The molecule has 8 nitrogen and oxygen atoms in total. The van der Waals surface area contributed by atoms with Gasteiger partial charge in [-0.3, -0.25) is 9.59 Å². The van der Waals surface area contributed by atoms with Gasteiger partial charge < -0.3 is 10.6 Å². The second kappa shape index (κ2) is 11.5. The summed E-state index contributed by atoms with van der Waals surface area (Å²) in [7, 11) is 0. The van der Waals surface area contributed by atoms with Crippen molar-refractivity contribution in [2.24, 2.45) is 5.41 Å². The molecule has 120 valence electrons. The smallest absolute Gasteiger partial charge is 0.235 e. The van der Waals surface area contributed by atoms with Crippen molar-refractivity contribution in [2.75, 3.05) is 13.1 Å². The maximum absolute atomic E-state index is 12.5. The fourth-order valence-corrected chi connectivity index (χ4v) is 2.02. The Bertz CT molecular complexity index is 521. The zero-order valence-electron chi connectivity index (χ0n) is 12.8. The van der Waals surface area contributed by atoms with Crippen molar-refractivity contribution in [2.45, 2.75) is 38.5 Å². The van der Waals surface area contributed by atoms with E-state index in [-0.39, 0.29) is 51.6 Å². The van der Waals surface area contributed by atoms with Gasteiger partial charge in [0.05, 0.1) is 37.1 Å². The lowest BCUT2D eigenvalue weighted by atomic mass is 9.77. The normalized spacial score (nSPS) is 9.57. The summed E-state index contributed by atoms with van der Waals surface area (Å²) < 4.78 is 0. The van der Waals surface area contributed by atoms with Gasteiger partial charge in [-0.1, -0.05) is 0 Å². The third-order valence-electron chi connectivity index (χ3n) is 3.24. The quantitative estimate of drug-likeness (QED) is 0.445. The molecule has 0 saturated carbocycles. The molecule has 0 aromatic carbocycles. The van der Waals surface area contributed by atoms with Crippen molar-refractivity contribution >= 4 is 11.8 Å². The number of carbonyl (C=O) groups excluding carboxylic acids is 2. The zero-order chi connectivity index (χ0) is 17.6. The highest BCUT2D eigenvalue weighted by Gasteiger charge is 2.44. The van der Waals surface area contributed by atoms with Crippen LogP contribution in [-0.2, 0) is 9.59 Å². The molecular formula is C15H18N6O2. The highest BCUT2D eigenvalue weighted by Crippen LogP contribution is 2.31. The second-order valence-electron chi connectivity index (χ2n) is 4.73. The molecule has 0 spiro atoms. The first kappa shape index (κ1) is 19.9. The van der Waals surface area contributed by atoms with E-state index in [0.717, 1.165) is 0 Å². The minimum atomic E-state index is -1.55. The van der Waals surface area contributed by atoms with E-state index in [2.05, 4.69) is 10.6 Å². The van der Waals surface area contributed by atoms with Gasteiger partial charge in [0.15, 0.2) is 0 Å². The van der Waals surface area contributed by atoms with Gasteiger partial charge >= 0.3 is 0 Å². The molecule has 0 unspecified atom stereocenters. The summed E-state index contributed by atoms with van der Waals surface area (Å²) >= 11 is 0. The third kappa shape index (κ3) is 6.46. The lowest BCUT2D eigenvalue weighted by Crippen LogP contribution is -2.52. The molecule has 0 saturated heterocycles. The van der Waals surface area contributed by atoms with Crippen LogP contribution in [0.1, 0.15) is 38.5 Å². The van der Waals surface area contributed by atoms with Crippen molar-refractivity contribution in [3.8, 4) is 24.3 Å².